The molecule has 1 N–H and O–H groups in total. The van der Waals surface area contributed by atoms with E-state index in [2.05, 4.69) is 9.98 Å². The molecule has 6 heteroatoms. The van der Waals surface area contributed by atoms with E-state index >= 15 is 0 Å². The molecule has 0 saturated heterocycles. The van der Waals surface area contributed by atoms with Gasteiger partial charge in [0.15, 0.2) is 11.5 Å². The number of aliphatic imine (C=N–C) groups is 1. The molecule has 3 aromatic rings. The Balaban J connectivity index is 1.71. The lowest BCUT2D eigenvalue weighted by Gasteiger charge is -2.07. The van der Waals surface area contributed by atoms with Crippen LogP contribution in [0.25, 0.3) is 23.1 Å². The van der Waals surface area contributed by atoms with E-state index in [1.165, 1.54) is 0 Å². The van der Waals surface area contributed by atoms with E-state index in [4.69, 9.17) is 13.9 Å². The second-order valence-corrected chi connectivity index (χ2v) is 5.65. The summed E-state index contributed by atoms with van der Waals surface area (Å²) in [6.07, 6.45) is 3.49. The van der Waals surface area contributed by atoms with Crippen LogP contribution in [0.3, 0.4) is 0 Å². The van der Waals surface area contributed by atoms with Crippen molar-refractivity contribution in [1.29, 1.82) is 0 Å². The van der Waals surface area contributed by atoms with Crippen LogP contribution in [0.2, 0.25) is 0 Å². The summed E-state index contributed by atoms with van der Waals surface area (Å²) in [5.41, 5.74) is 3.75. The highest BCUT2D eigenvalue weighted by Crippen LogP contribution is 2.36. The summed E-state index contributed by atoms with van der Waals surface area (Å²) in [4.78, 5) is 8.75. The molecule has 0 bridgehead atoms. The third-order valence-electron chi connectivity index (χ3n) is 4.11. The second kappa shape index (κ2) is 6.40. The fourth-order valence-electron chi connectivity index (χ4n) is 2.81. The fourth-order valence-corrected chi connectivity index (χ4v) is 2.81. The van der Waals surface area contributed by atoms with Crippen LogP contribution in [0.15, 0.2) is 51.9 Å². The largest absolute Gasteiger partial charge is 0.493 e. The number of aromatic nitrogens is 1. The minimum atomic E-state index is -0.250. The molecule has 130 valence electrons. The summed E-state index contributed by atoms with van der Waals surface area (Å²) >= 11 is 0. The molecule has 0 spiro atoms. The van der Waals surface area contributed by atoms with Crippen molar-refractivity contribution in [2.45, 2.75) is 0 Å². The van der Waals surface area contributed by atoms with Gasteiger partial charge in [-0.1, -0.05) is 18.2 Å². The zero-order chi connectivity index (χ0) is 18.1. The Morgan fingerprint density at radius 2 is 1.85 bits per heavy atom. The maximum Gasteiger partial charge on any atom is 0.310 e. The molecule has 0 radical (unpaired) electrons. The number of hydrogen-bond donors (Lipinski definition) is 1. The maximum absolute atomic E-state index is 10.2. The van der Waals surface area contributed by atoms with Crippen molar-refractivity contribution in [3.8, 4) is 28.9 Å². The monoisotopic (exact) mass is 348 g/mol. The Kier molecular flexibility index (Phi) is 3.93. The zero-order valence-electron chi connectivity index (χ0n) is 14.3. The summed E-state index contributed by atoms with van der Waals surface area (Å²) in [6, 6.07) is 13.1. The second-order valence-electron chi connectivity index (χ2n) is 5.65. The number of fused-ring (bicyclic) bond motifs is 1. The lowest BCUT2D eigenvalue weighted by Crippen LogP contribution is -1.91. The number of aromatic hydroxyl groups is 1. The molecule has 26 heavy (non-hydrogen) atoms. The standard InChI is InChI=1S/C20H16N2O4/c1-24-17-8-7-12(10-18(17)25-2)19-22-16(20(23)26-19)9-13-11-21-15-6-4-3-5-14(13)15/h3-11,23H,1-2H3/b13-9+. The summed E-state index contributed by atoms with van der Waals surface area (Å²) in [5, 5.41) is 10.2. The Morgan fingerprint density at radius 3 is 2.65 bits per heavy atom. The summed E-state index contributed by atoms with van der Waals surface area (Å²) in [5.74, 6) is 1.20. The van der Waals surface area contributed by atoms with Gasteiger partial charge in [0.05, 0.1) is 19.9 Å². The smallest absolute Gasteiger partial charge is 0.310 e. The summed E-state index contributed by atoms with van der Waals surface area (Å²) in [6.45, 7) is 0. The van der Waals surface area contributed by atoms with Gasteiger partial charge in [-0.15, -0.1) is 0 Å². The van der Waals surface area contributed by atoms with Crippen molar-refractivity contribution in [2.24, 2.45) is 4.99 Å². The Hall–Kier alpha value is -3.54. The minimum absolute atomic E-state index is 0.250. The van der Waals surface area contributed by atoms with Crippen LogP contribution < -0.4 is 9.47 Å². The van der Waals surface area contributed by atoms with Gasteiger partial charge in [-0.25, -0.2) is 4.98 Å². The molecule has 0 aliphatic carbocycles. The van der Waals surface area contributed by atoms with Crippen LogP contribution in [0.4, 0.5) is 5.69 Å². The van der Waals surface area contributed by atoms with Crippen molar-refractivity contribution < 1.29 is 19.0 Å². The number of ether oxygens (including phenoxy) is 2. The van der Waals surface area contributed by atoms with Crippen molar-refractivity contribution in [3.05, 3.63) is 53.7 Å². The first kappa shape index (κ1) is 16.0. The van der Waals surface area contributed by atoms with Crippen LogP contribution in [0.5, 0.6) is 17.4 Å². The molecule has 2 heterocycles. The van der Waals surface area contributed by atoms with E-state index in [0.29, 0.717) is 28.6 Å². The number of nitrogens with zero attached hydrogens (tertiary/aromatic N) is 2. The molecule has 2 aromatic carbocycles. The molecular formula is C20H16N2O4. The number of allylic oxidation sites excluding steroid dienone is 1. The van der Waals surface area contributed by atoms with Gasteiger partial charge in [0, 0.05) is 22.9 Å². The number of benzene rings is 2. The molecule has 0 fully saturated rings. The molecule has 0 unspecified atom stereocenters. The van der Waals surface area contributed by atoms with Gasteiger partial charge < -0.3 is 19.0 Å². The van der Waals surface area contributed by atoms with E-state index in [1.54, 1.807) is 44.7 Å². The van der Waals surface area contributed by atoms with Gasteiger partial charge in [0.25, 0.3) is 0 Å². The predicted octanol–water partition coefficient (Wildman–Crippen LogP) is 4.32. The van der Waals surface area contributed by atoms with E-state index in [-0.39, 0.29) is 5.95 Å². The molecule has 0 amide bonds. The first-order valence-corrected chi connectivity index (χ1v) is 7.97. The van der Waals surface area contributed by atoms with Crippen LogP contribution in [-0.2, 0) is 0 Å². The average Bonchev–Trinajstić information content (AvgIpc) is 3.25. The average molecular weight is 348 g/mol. The van der Waals surface area contributed by atoms with Crippen LogP contribution >= 0.6 is 0 Å². The summed E-state index contributed by atoms with van der Waals surface area (Å²) in [7, 11) is 3.13. The van der Waals surface area contributed by atoms with Crippen molar-refractivity contribution in [3.63, 3.8) is 0 Å². The van der Waals surface area contributed by atoms with E-state index in [9.17, 15) is 5.11 Å². The van der Waals surface area contributed by atoms with Gasteiger partial charge >= 0.3 is 5.95 Å². The van der Waals surface area contributed by atoms with Gasteiger partial charge in [0.2, 0.25) is 5.89 Å². The highest BCUT2D eigenvalue weighted by Gasteiger charge is 2.17. The highest BCUT2D eigenvalue weighted by molar-refractivity contribution is 6.21. The van der Waals surface area contributed by atoms with Crippen molar-refractivity contribution in [2.75, 3.05) is 14.2 Å². The highest BCUT2D eigenvalue weighted by atomic mass is 16.5. The Labute approximate surface area is 150 Å². The third kappa shape index (κ3) is 2.71. The van der Waals surface area contributed by atoms with Gasteiger partial charge in [-0.05, 0) is 30.3 Å². The van der Waals surface area contributed by atoms with Crippen molar-refractivity contribution in [1.82, 2.24) is 4.98 Å². The molecule has 1 aromatic heterocycles. The Bertz CT molecular complexity index is 1030. The molecular weight excluding hydrogens is 332 g/mol. The molecule has 6 nitrogen and oxygen atoms in total. The normalized spacial score (nSPS) is 13.8. The third-order valence-corrected chi connectivity index (χ3v) is 4.11. The van der Waals surface area contributed by atoms with Crippen LogP contribution in [-0.4, -0.2) is 30.5 Å². The molecule has 0 atom stereocenters. The number of rotatable bonds is 4. The molecule has 0 saturated carbocycles. The molecule has 1 aliphatic rings. The Morgan fingerprint density at radius 1 is 1.04 bits per heavy atom. The summed E-state index contributed by atoms with van der Waals surface area (Å²) < 4.78 is 16.0. The topological polar surface area (TPSA) is 77.1 Å². The predicted molar refractivity (Wildman–Crippen MR) is 99.2 cm³/mol. The SMILES string of the molecule is COc1ccc(-c2nc(/C=C3\C=Nc4ccccc43)c(O)o2)cc1OC. The first-order chi connectivity index (χ1) is 12.7. The van der Waals surface area contributed by atoms with E-state index in [0.717, 1.165) is 16.8 Å². The molecule has 1 aliphatic heterocycles. The first-order valence-electron chi connectivity index (χ1n) is 7.97. The quantitative estimate of drug-likeness (QED) is 0.760. The van der Waals surface area contributed by atoms with E-state index in [1.807, 2.05) is 24.3 Å². The maximum atomic E-state index is 10.2. The van der Waals surface area contributed by atoms with Gasteiger partial charge in [-0.3, -0.25) is 4.99 Å². The van der Waals surface area contributed by atoms with Crippen LogP contribution in [0, 0.1) is 0 Å². The lowest BCUT2D eigenvalue weighted by molar-refractivity contribution is 0.336. The lowest BCUT2D eigenvalue weighted by atomic mass is 10.1. The minimum Gasteiger partial charge on any atom is -0.493 e. The number of oxazole rings is 1. The van der Waals surface area contributed by atoms with Gasteiger partial charge in [0.1, 0.15) is 5.69 Å². The zero-order valence-corrected chi connectivity index (χ0v) is 14.3. The van der Waals surface area contributed by atoms with Crippen LogP contribution in [0.1, 0.15) is 11.3 Å². The van der Waals surface area contributed by atoms with Crippen molar-refractivity contribution >= 4 is 23.6 Å². The number of para-hydroxylation sites is 1. The van der Waals surface area contributed by atoms with Gasteiger partial charge in [-0.2, -0.15) is 0 Å². The number of hydrogen-bond acceptors (Lipinski definition) is 6. The van der Waals surface area contributed by atoms with E-state index < -0.39 is 0 Å². The molecule has 4 rings (SSSR count). The fraction of sp³-hybridized carbons (Fsp3) is 0.100. The number of methoxy groups -OCH3 is 2.